The molecule has 1 N–H and O–H groups in total. The van der Waals surface area contributed by atoms with E-state index in [4.69, 9.17) is 16.3 Å². The average Bonchev–Trinajstić information content (AvgIpc) is 3.42. The minimum Gasteiger partial charge on any atom is -0.478 e. The zero-order valence-electron chi connectivity index (χ0n) is 18.6. The number of aromatic amines is 1. The number of rotatable bonds is 7. The van der Waals surface area contributed by atoms with Crippen LogP contribution in [-0.2, 0) is 6.18 Å². The highest BCUT2D eigenvalue weighted by atomic mass is 35.5. The third-order valence-corrected chi connectivity index (χ3v) is 6.84. The van der Waals surface area contributed by atoms with Crippen LogP contribution in [0.15, 0.2) is 51.8 Å². The quantitative estimate of drug-likeness (QED) is 0.246. The molecule has 0 aliphatic rings. The Morgan fingerprint density at radius 2 is 1.83 bits per heavy atom. The van der Waals surface area contributed by atoms with Crippen molar-refractivity contribution in [2.24, 2.45) is 0 Å². The molecule has 2 aromatic heterocycles. The third-order valence-electron chi connectivity index (χ3n) is 5.27. The van der Waals surface area contributed by atoms with Gasteiger partial charge >= 0.3 is 11.9 Å². The highest BCUT2D eigenvalue weighted by Crippen LogP contribution is 2.44. The molecule has 0 amide bonds. The molecule has 4 aromatic rings. The number of nitrogens with one attached hydrogen (secondary N) is 1. The molecule has 0 saturated heterocycles. The lowest BCUT2D eigenvalue weighted by atomic mass is 10.1. The summed E-state index contributed by atoms with van der Waals surface area (Å²) in [4.78, 5) is 18.0. The summed E-state index contributed by atoms with van der Waals surface area (Å²) < 4.78 is 78.9. The van der Waals surface area contributed by atoms with E-state index >= 15 is 8.78 Å². The molecule has 2 aromatic carbocycles. The molecule has 190 valence electrons. The largest absolute Gasteiger partial charge is 0.478 e. The van der Waals surface area contributed by atoms with Crippen molar-refractivity contribution >= 4 is 22.9 Å². The number of H-pyrrole nitrogens is 1. The third kappa shape index (κ3) is 5.29. The van der Waals surface area contributed by atoms with E-state index in [1.54, 1.807) is 0 Å². The van der Waals surface area contributed by atoms with Gasteiger partial charge in [0.2, 0.25) is 0 Å². The smallest absolute Gasteiger partial charge is 0.439 e. The summed E-state index contributed by atoms with van der Waals surface area (Å²) in [6, 6.07) is 8.42. The molecular formula is C23H17ClF5N3O3S. The molecule has 0 radical (unpaired) electrons. The van der Waals surface area contributed by atoms with Gasteiger partial charge in [0.05, 0.1) is 21.2 Å². The van der Waals surface area contributed by atoms with Crippen LogP contribution in [0.25, 0.3) is 22.0 Å². The first kappa shape index (κ1) is 25.8. The summed E-state index contributed by atoms with van der Waals surface area (Å²) in [6.45, 7) is 2.83. The second-order valence-corrected chi connectivity index (χ2v) is 9.18. The van der Waals surface area contributed by atoms with Gasteiger partial charge < -0.3 is 4.74 Å². The van der Waals surface area contributed by atoms with Crippen molar-refractivity contribution in [2.75, 3.05) is 0 Å². The first-order valence-corrected chi connectivity index (χ1v) is 11.6. The molecule has 0 aliphatic heterocycles. The average molecular weight is 546 g/mol. The van der Waals surface area contributed by atoms with Crippen molar-refractivity contribution in [1.82, 2.24) is 15.1 Å². The van der Waals surface area contributed by atoms with Gasteiger partial charge in [-0.1, -0.05) is 35.8 Å². The molecule has 2 heterocycles. The Labute approximate surface area is 209 Å². The monoisotopic (exact) mass is 545 g/mol. The molecule has 0 spiro atoms. The minimum atomic E-state index is -4.50. The Kier molecular flexibility index (Phi) is 6.93. The fraction of sp³-hybridized carbons (Fsp3) is 0.261. The Bertz CT molecular complexity index is 1430. The van der Waals surface area contributed by atoms with Crippen LogP contribution in [0.3, 0.4) is 0 Å². The maximum absolute atomic E-state index is 15.0. The van der Waals surface area contributed by atoms with Gasteiger partial charge in [-0.15, -0.1) is 11.3 Å². The van der Waals surface area contributed by atoms with Crippen LogP contribution in [0.5, 0.6) is 5.75 Å². The Morgan fingerprint density at radius 3 is 2.39 bits per heavy atom. The van der Waals surface area contributed by atoms with Gasteiger partial charge in [0, 0.05) is 17.5 Å². The number of hydrogen-bond acceptors (Lipinski definition) is 6. The Hall–Kier alpha value is -3.25. The number of aryl methyl sites for hydroxylation is 1. The number of nitrogens with zero attached hydrogens (tertiary/aromatic N) is 2. The van der Waals surface area contributed by atoms with E-state index < -0.39 is 35.9 Å². The number of benzene rings is 2. The standard InChI is InChI=1S/C23H17ClF5N3O3S/c1-3-22(25,26)18(34-14-8-9-15(16(24)10-14)19-31-21(33)35-32-19)17-11(2)30-20(36-17)12-4-6-13(7-5-12)23(27,28)29/h4-10,18H,3H2,1-2H3,(H,31,32,33). The lowest BCUT2D eigenvalue weighted by molar-refractivity contribution is -0.137. The van der Waals surface area contributed by atoms with E-state index in [0.717, 1.165) is 23.5 Å². The van der Waals surface area contributed by atoms with Crippen LogP contribution in [0.2, 0.25) is 5.02 Å². The van der Waals surface area contributed by atoms with Crippen LogP contribution in [0.4, 0.5) is 22.0 Å². The van der Waals surface area contributed by atoms with Gasteiger partial charge in [-0.2, -0.15) is 13.2 Å². The van der Waals surface area contributed by atoms with Crippen LogP contribution in [0.1, 0.15) is 35.6 Å². The molecule has 0 aliphatic carbocycles. The summed E-state index contributed by atoms with van der Waals surface area (Å²) in [7, 11) is 0. The molecule has 0 saturated carbocycles. The topological polar surface area (TPSA) is 81.0 Å². The molecule has 4 rings (SSSR count). The number of thiazole rings is 1. The zero-order chi connectivity index (χ0) is 26.3. The van der Waals surface area contributed by atoms with Crippen molar-refractivity contribution in [3.8, 4) is 27.7 Å². The maximum Gasteiger partial charge on any atom is 0.439 e. The van der Waals surface area contributed by atoms with E-state index in [1.807, 2.05) is 0 Å². The Balaban J connectivity index is 1.67. The highest BCUT2D eigenvalue weighted by molar-refractivity contribution is 7.15. The zero-order valence-corrected chi connectivity index (χ0v) is 20.2. The number of ether oxygens (including phenoxy) is 1. The molecule has 6 nitrogen and oxygen atoms in total. The van der Waals surface area contributed by atoms with Gasteiger partial charge in [-0.3, -0.25) is 9.51 Å². The number of alkyl halides is 5. The van der Waals surface area contributed by atoms with Crippen molar-refractivity contribution in [3.05, 3.63) is 74.2 Å². The van der Waals surface area contributed by atoms with E-state index in [9.17, 15) is 18.0 Å². The predicted octanol–water partition coefficient (Wildman–Crippen LogP) is 7.30. The summed E-state index contributed by atoms with van der Waals surface area (Å²) in [5.41, 5.74) is 0.0894. The molecule has 0 bridgehead atoms. The van der Waals surface area contributed by atoms with Crippen LogP contribution < -0.4 is 10.5 Å². The molecule has 1 atom stereocenters. The van der Waals surface area contributed by atoms with Gasteiger partial charge in [0.1, 0.15) is 10.8 Å². The molecule has 13 heteroatoms. The summed E-state index contributed by atoms with van der Waals surface area (Å²) in [5, 5.41) is 3.89. The fourth-order valence-corrected chi connectivity index (χ4v) is 4.76. The second kappa shape index (κ2) is 9.66. The van der Waals surface area contributed by atoms with Gasteiger partial charge in [-0.05, 0) is 37.3 Å². The fourth-order valence-electron chi connectivity index (χ4n) is 3.34. The van der Waals surface area contributed by atoms with Gasteiger partial charge in [0.15, 0.2) is 11.9 Å². The number of aromatic nitrogens is 3. The highest BCUT2D eigenvalue weighted by Gasteiger charge is 2.43. The van der Waals surface area contributed by atoms with E-state index in [1.165, 1.54) is 44.2 Å². The second-order valence-electron chi connectivity index (χ2n) is 7.74. The lowest BCUT2D eigenvalue weighted by Gasteiger charge is -2.26. The van der Waals surface area contributed by atoms with Crippen LogP contribution >= 0.6 is 22.9 Å². The first-order chi connectivity index (χ1) is 16.9. The minimum absolute atomic E-state index is 0.0246. The first-order valence-electron chi connectivity index (χ1n) is 10.4. The molecule has 0 fully saturated rings. The van der Waals surface area contributed by atoms with Gasteiger partial charge in [-0.25, -0.2) is 18.6 Å². The lowest BCUT2D eigenvalue weighted by Crippen LogP contribution is -2.30. The van der Waals surface area contributed by atoms with E-state index in [0.29, 0.717) is 11.1 Å². The van der Waals surface area contributed by atoms with E-state index in [-0.39, 0.29) is 32.2 Å². The number of hydrogen-bond donors (Lipinski definition) is 1. The predicted molar refractivity (Wildman–Crippen MR) is 123 cm³/mol. The number of halogens is 6. The molecule has 36 heavy (non-hydrogen) atoms. The molecule has 1 unspecified atom stereocenters. The Morgan fingerprint density at radius 1 is 1.14 bits per heavy atom. The van der Waals surface area contributed by atoms with Crippen LogP contribution in [0, 0.1) is 6.92 Å². The summed E-state index contributed by atoms with van der Waals surface area (Å²) in [5.74, 6) is -4.01. The van der Waals surface area contributed by atoms with Crippen molar-refractivity contribution in [2.45, 2.75) is 38.5 Å². The maximum atomic E-state index is 15.0. The normalized spacial score (nSPS) is 13.1. The van der Waals surface area contributed by atoms with Crippen molar-refractivity contribution < 1.29 is 31.2 Å². The van der Waals surface area contributed by atoms with Crippen molar-refractivity contribution in [3.63, 3.8) is 0 Å². The summed E-state index contributed by atoms with van der Waals surface area (Å²) in [6.07, 6.45) is -6.78. The summed E-state index contributed by atoms with van der Waals surface area (Å²) >= 11 is 7.16. The van der Waals surface area contributed by atoms with Gasteiger partial charge in [0.25, 0.3) is 5.92 Å². The SMILES string of the molecule is CCC(F)(F)C(Oc1ccc(-c2noc(=O)[nH]2)c(Cl)c1)c1sc(-c2ccc(C(F)(F)F)cc2)nc1C. The molecular weight excluding hydrogens is 529 g/mol. The van der Waals surface area contributed by atoms with E-state index in [2.05, 4.69) is 19.6 Å². The van der Waals surface area contributed by atoms with Crippen molar-refractivity contribution in [1.29, 1.82) is 0 Å². The van der Waals surface area contributed by atoms with Crippen LogP contribution in [-0.4, -0.2) is 21.0 Å².